The molecule has 0 spiro atoms. The Labute approximate surface area is 124 Å². The summed E-state index contributed by atoms with van der Waals surface area (Å²) in [5.41, 5.74) is 2.54. The second-order valence-electron chi connectivity index (χ2n) is 5.13. The van der Waals surface area contributed by atoms with Crippen LogP contribution in [0.3, 0.4) is 0 Å². The molecule has 5 heteroatoms. The van der Waals surface area contributed by atoms with Gasteiger partial charge in [-0.15, -0.1) is 0 Å². The van der Waals surface area contributed by atoms with Gasteiger partial charge in [0.2, 0.25) is 5.91 Å². The molecule has 0 radical (unpaired) electrons. The standard InChI is InChI=1S/C16H23N3O2/c1-4-7-8-15(20)17-12-9-10-13-14(11-12)19(6-3)16(21)18(13)5-2/h9-11H,4-8H2,1-3H3,(H,17,20). The molecule has 0 atom stereocenters. The third-order valence-corrected chi connectivity index (χ3v) is 3.69. The van der Waals surface area contributed by atoms with E-state index >= 15 is 0 Å². The second-order valence-corrected chi connectivity index (χ2v) is 5.13. The number of rotatable bonds is 6. The van der Waals surface area contributed by atoms with Crippen LogP contribution in [0.1, 0.15) is 40.0 Å². The van der Waals surface area contributed by atoms with Crippen LogP contribution in [0, 0.1) is 0 Å². The first-order chi connectivity index (χ1) is 10.1. The molecule has 1 amide bonds. The van der Waals surface area contributed by atoms with Gasteiger partial charge in [-0.25, -0.2) is 4.79 Å². The van der Waals surface area contributed by atoms with Gasteiger partial charge in [-0.1, -0.05) is 13.3 Å². The Morgan fingerprint density at radius 3 is 2.38 bits per heavy atom. The van der Waals surface area contributed by atoms with E-state index in [1.165, 1.54) is 0 Å². The lowest BCUT2D eigenvalue weighted by molar-refractivity contribution is -0.116. The average molecular weight is 289 g/mol. The van der Waals surface area contributed by atoms with Crippen LogP contribution in [0.5, 0.6) is 0 Å². The number of nitrogens with zero attached hydrogens (tertiary/aromatic N) is 2. The lowest BCUT2D eigenvalue weighted by Crippen LogP contribution is -2.23. The number of carbonyl (C=O) groups excluding carboxylic acids is 1. The highest BCUT2D eigenvalue weighted by Crippen LogP contribution is 2.19. The quantitative estimate of drug-likeness (QED) is 0.889. The van der Waals surface area contributed by atoms with Crippen molar-refractivity contribution >= 4 is 22.6 Å². The van der Waals surface area contributed by atoms with E-state index in [1.807, 2.05) is 32.0 Å². The molecular formula is C16H23N3O2. The number of anilines is 1. The number of amides is 1. The molecule has 1 aromatic carbocycles. The van der Waals surface area contributed by atoms with Crippen molar-refractivity contribution in [1.29, 1.82) is 0 Å². The minimum absolute atomic E-state index is 0.00413. The minimum atomic E-state index is 0.00413. The van der Waals surface area contributed by atoms with Crippen LogP contribution in [0.2, 0.25) is 0 Å². The lowest BCUT2D eigenvalue weighted by Gasteiger charge is -2.06. The molecule has 0 aliphatic heterocycles. The Hall–Kier alpha value is -2.04. The van der Waals surface area contributed by atoms with Crippen molar-refractivity contribution in [2.45, 2.75) is 53.1 Å². The summed E-state index contributed by atoms with van der Waals surface area (Å²) in [6.07, 6.45) is 2.42. The first-order valence-electron chi connectivity index (χ1n) is 7.65. The fraction of sp³-hybridized carbons (Fsp3) is 0.500. The molecule has 114 valence electrons. The maximum atomic E-state index is 12.3. The molecule has 1 N–H and O–H groups in total. The number of hydrogen-bond donors (Lipinski definition) is 1. The summed E-state index contributed by atoms with van der Waals surface area (Å²) in [6.45, 7) is 7.24. The highest BCUT2D eigenvalue weighted by Gasteiger charge is 2.12. The second kappa shape index (κ2) is 6.61. The summed E-state index contributed by atoms with van der Waals surface area (Å²) in [6, 6.07) is 5.65. The van der Waals surface area contributed by atoms with Crippen molar-refractivity contribution in [3.63, 3.8) is 0 Å². The van der Waals surface area contributed by atoms with E-state index in [9.17, 15) is 9.59 Å². The Morgan fingerprint density at radius 1 is 1.10 bits per heavy atom. The first-order valence-corrected chi connectivity index (χ1v) is 7.65. The van der Waals surface area contributed by atoms with Crippen LogP contribution in [0.4, 0.5) is 5.69 Å². The summed E-state index contributed by atoms with van der Waals surface area (Å²) in [7, 11) is 0. The van der Waals surface area contributed by atoms with Crippen LogP contribution in [-0.2, 0) is 17.9 Å². The Bertz CT molecular complexity index is 697. The number of nitrogens with one attached hydrogen (secondary N) is 1. The van der Waals surface area contributed by atoms with Crippen LogP contribution >= 0.6 is 0 Å². The minimum Gasteiger partial charge on any atom is -0.326 e. The molecule has 0 saturated heterocycles. The molecule has 0 saturated carbocycles. The van der Waals surface area contributed by atoms with Crippen LogP contribution in [-0.4, -0.2) is 15.0 Å². The topological polar surface area (TPSA) is 56.0 Å². The molecule has 0 unspecified atom stereocenters. The monoisotopic (exact) mass is 289 g/mol. The van der Waals surface area contributed by atoms with Crippen LogP contribution in [0.25, 0.3) is 11.0 Å². The number of aryl methyl sites for hydroxylation is 2. The van der Waals surface area contributed by atoms with Gasteiger partial charge in [0.25, 0.3) is 0 Å². The molecule has 0 bridgehead atoms. The smallest absolute Gasteiger partial charge is 0.326 e. The highest BCUT2D eigenvalue weighted by molar-refractivity contribution is 5.93. The van der Waals surface area contributed by atoms with E-state index in [2.05, 4.69) is 12.2 Å². The molecule has 2 rings (SSSR count). The number of imidazole rings is 1. The molecule has 0 fully saturated rings. The van der Waals surface area contributed by atoms with Gasteiger partial charge in [0.15, 0.2) is 0 Å². The van der Waals surface area contributed by atoms with Crippen molar-refractivity contribution in [1.82, 2.24) is 9.13 Å². The molecule has 5 nitrogen and oxygen atoms in total. The summed E-state index contributed by atoms with van der Waals surface area (Å²) >= 11 is 0. The van der Waals surface area contributed by atoms with Gasteiger partial charge in [-0.2, -0.15) is 0 Å². The van der Waals surface area contributed by atoms with Crippen molar-refractivity contribution in [3.8, 4) is 0 Å². The summed E-state index contributed by atoms with van der Waals surface area (Å²) in [5.74, 6) is 0.0246. The summed E-state index contributed by atoms with van der Waals surface area (Å²) in [4.78, 5) is 24.1. The van der Waals surface area contributed by atoms with E-state index in [4.69, 9.17) is 0 Å². The highest BCUT2D eigenvalue weighted by atomic mass is 16.2. The molecular weight excluding hydrogens is 266 g/mol. The fourth-order valence-corrected chi connectivity index (χ4v) is 2.57. The number of benzene rings is 1. The van der Waals surface area contributed by atoms with Gasteiger partial charge in [0.1, 0.15) is 0 Å². The Morgan fingerprint density at radius 2 is 1.76 bits per heavy atom. The lowest BCUT2D eigenvalue weighted by atomic mass is 10.2. The summed E-state index contributed by atoms with van der Waals surface area (Å²) in [5, 5.41) is 2.90. The van der Waals surface area contributed by atoms with Crippen molar-refractivity contribution in [2.75, 3.05) is 5.32 Å². The van der Waals surface area contributed by atoms with Gasteiger partial charge >= 0.3 is 5.69 Å². The van der Waals surface area contributed by atoms with Gasteiger partial charge in [-0.05, 0) is 38.5 Å². The number of carbonyl (C=O) groups is 1. The Balaban J connectivity index is 2.37. The first kappa shape index (κ1) is 15.4. The molecule has 1 heterocycles. The molecule has 21 heavy (non-hydrogen) atoms. The third-order valence-electron chi connectivity index (χ3n) is 3.69. The molecule has 2 aromatic rings. The van der Waals surface area contributed by atoms with E-state index < -0.39 is 0 Å². The molecule has 0 aliphatic carbocycles. The fourth-order valence-electron chi connectivity index (χ4n) is 2.57. The summed E-state index contributed by atoms with van der Waals surface area (Å²) < 4.78 is 3.49. The zero-order valence-corrected chi connectivity index (χ0v) is 13.0. The van der Waals surface area contributed by atoms with E-state index in [1.54, 1.807) is 9.13 Å². The van der Waals surface area contributed by atoms with E-state index in [0.717, 1.165) is 29.6 Å². The van der Waals surface area contributed by atoms with Crippen molar-refractivity contribution in [2.24, 2.45) is 0 Å². The predicted octanol–water partition coefficient (Wildman–Crippen LogP) is 2.97. The maximum absolute atomic E-state index is 12.3. The molecule has 0 aliphatic rings. The van der Waals surface area contributed by atoms with Crippen molar-refractivity contribution < 1.29 is 4.79 Å². The van der Waals surface area contributed by atoms with Gasteiger partial charge in [-0.3, -0.25) is 13.9 Å². The van der Waals surface area contributed by atoms with Gasteiger partial charge in [0.05, 0.1) is 11.0 Å². The Kier molecular flexibility index (Phi) is 4.83. The van der Waals surface area contributed by atoms with Crippen molar-refractivity contribution in [3.05, 3.63) is 28.7 Å². The number of fused-ring (bicyclic) bond motifs is 1. The predicted molar refractivity (Wildman–Crippen MR) is 85.7 cm³/mol. The largest absolute Gasteiger partial charge is 0.329 e. The maximum Gasteiger partial charge on any atom is 0.329 e. The molecule has 1 aromatic heterocycles. The average Bonchev–Trinajstić information content (AvgIpc) is 2.75. The zero-order valence-electron chi connectivity index (χ0n) is 13.0. The number of unbranched alkanes of at least 4 members (excludes halogenated alkanes) is 1. The van der Waals surface area contributed by atoms with Crippen LogP contribution in [0.15, 0.2) is 23.0 Å². The van der Waals surface area contributed by atoms with E-state index in [-0.39, 0.29) is 11.6 Å². The van der Waals surface area contributed by atoms with Crippen LogP contribution < -0.4 is 11.0 Å². The van der Waals surface area contributed by atoms with Gasteiger partial charge in [0, 0.05) is 25.2 Å². The third kappa shape index (κ3) is 3.01. The normalized spacial score (nSPS) is 11.0. The van der Waals surface area contributed by atoms with Gasteiger partial charge < -0.3 is 5.32 Å². The van der Waals surface area contributed by atoms with E-state index in [0.29, 0.717) is 19.5 Å². The SMILES string of the molecule is CCCCC(=O)Nc1ccc2c(c1)n(CC)c(=O)n2CC. The number of aromatic nitrogens is 2. The number of hydrogen-bond acceptors (Lipinski definition) is 2. The zero-order chi connectivity index (χ0) is 15.4.